The van der Waals surface area contributed by atoms with Gasteiger partial charge in [-0.1, -0.05) is 15.9 Å². The minimum Gasteiger partial charge on any atom is -0.491 e. The maximum absolute atomic E-state index is 9.73. The lowest BCUT2D eigenvalue weighted by atomic mass is 10.1. The summed E-state index contributed by atoms with van der Waals surface area (Å²) >= 11 is 3.36. The highest BCUT2D eigenvalue weighted by Gasteiger charge is 2.12. The van der Waals surface area contributed by atoms with Gasteiger partial charge in [-0.15, -0.1) is 12.4 Å². The van der Waals surface area contributed by atoms with Gasteiger partial charge in [0, 0.05) is 16.6 Å². The number of aliphatic hydroxyl groups excluding tert-OH is 1. The Balaban J connectivity index is 0.00000289. The van der Waals surface area contributed by atoms with Crippen LogP contribution >= 0.6 is 28.3 Å². The molecule has 0 heterocycles. The van der Waals surface area contributed by atoms with E-state index in [2.05, 4.69) is 42.0 Å². The Bertz CT molecular complexity index is 338. The molecule has 3 nitrogen and oxygen atoms in total. The number of rotatable bonds is 5. The van der Waals surface area contributed by atoms with Crippen molar-refractivity contribution in [1.29, 1.82) is 0 Å². The van der Waals surface area contributed by atoms with Gasteiger partial charge in [0.25, 0.3) is 0 Å². The smallest absolute Gasteiger partial charge is 0.119 e. The number of halogens is 2. The first-order valence-electron chi connectivity index (χ1n) is 5.68. The van der Waals surface area contributed by atoms with Crippen molar-refractivity contribution in [2.45, 2.75) is 32.4 Å². The number of aliphatic hydroxyl groups is 1. The van der Waals surface area contributed by atoms with Gasteiger partial charge in [-0.05, 0) is 45.0 Å². The Kier molecular flexibility index (Phi) is 7.87. The van der Waals surface area contributed by atoms with Crippen LogP contribution in [0.5, 0.6) is 5.75 Å². The third-order valence-corrected chi connectivity index (χ3v) is 2.65. The lowest BCUT2D eigenvalue weighted by Gasteiger charge is -2.22. The molecule has 0 radical (unpaired) electrons. The number of ether oxygens (including phenoxy) is 1. The van der Waals surface area contributed by atoms with Gasteiger partial charge in [0.15, 0.2) is 0 Å². The molecule has 0 bridgehead atoms. The molecule has 5 heteroatoms. The van der Waals surface area contributed by atoms with E-state index >= 15 is 0 Å². The van der Waals surface area contributed by atoms with E-state index in [4.69, 9.17) is 4.74 Å². The van der Waals surface area contributed by atoms with Crippen LogP contribution in [0.3, 0.4) is 0 Å². The molecule has 1 unspecified atom stereocenters. The van der Waals surface area contributed by atoms with Crippen LogP contribution in [0.1, 0.15) is 20.8 Å². The summed E-state index contributed by atoms with van der Waals surface area (Å²) in [4.78, 5) is 0. The van der Waals surface area contributed by atoms with Crippen molar-refractivity contribution >= 4 is 28.3 Å². The largest absolute Gasteiger partial charge is 0.491 e. The summed E-state index contributed by atoms with van der Waals surface area (Å²) in [5.41, 5.74) is 0.0125. The fraction of sp³-hybridized carbons (Fsp3) is 0.538. The van der Waals surface area contributed by atoms with E-state index in [0.29, 0.717) is 13.2 Å². The molecule has 1 aromatic carbocycles. The molecule has 104 valence electrons. The zero-order valence-electron chi connectivity index (χ0n) is 10.9. The van der Waals surface area contributed by atoms with Crippen molar-refractivity contribution in [3.63, 3.8) is 0 Å². The SMILES string of the molecule is CC(C)(C)NCC(O)COc1ccc(Br)cc1.Cl. The van der Waals surface area contributed by atoms with Gasteiger partial charge in [-0.3, -0.25) is 0 Å². The first-order chi connectivity index (χ1) is 7.87. The van der Waals surface area contributed by atoms with Gasteiger partial charge in [0.05, 0.1) is 0 Å². The highest BCUT2D eigenvalue weighted by molar-refractivity contribution is 9.10. The van der Waals surface area contributed by atoms with Gasteiger partial charge in [-0.2, -0.15) is 0 Å². The third-order valence-electron chi connectivity index (χ3n) is 2.12. The number of hydrogen-bond acceptors (Lipinski definition) is 3. The van der Waals surface area contributed by atoms with Crippen LogP contribution in [-0.4, -0.2) is 29.9 Å². The van der Waals surface area contributed by atoms with Crippen LogP contribution in [0.15, 0.2) is 28.7 Å². The van der Waals surface area contributed by atoms with Crippen molar-refractivity contribution in [2.75, 3.05) is 13.2 Å². The molecule has 1 atom stereocenters. The summed E-state index contributed by atoms with van der Waals surface area (Å²) in [6.45, 7) is 7.02. The van der Waals surface area contributed by atoms with Crippen molar-refractivity contribution in [1.82, 2.24) is 5.32 Å². The number of hydrogen-bond donors (Lipinski definition) is 2. The van der Waals surface area contributed by atoms with Gasteiger partial charge in [0.2, 0.25) is 0 Å². The molecule has 0 aliphatic rings. The van der Waals surface area contributed by atoms with Crippen molar-refractivity contribution < 1.29 is 9.84 Å². The lowest BCUT2D eigenvalue weighted by Crippen LogP contribution is -2.42. The summed E-state index contributed by atoms with van der Waals surface area (Å²) in [6, 6.07) is 7.56. The highest BCUT2D eigenvalue weighted by atomic mass is 79.9. The van der Waals surface area contributed by atoms with Crippen molar-refractivity contribution in [2.24, 2.45) is 0 Å². The normalized spacial score (nSPS) is 12.7. The second kappa shape index (κ2) is 8.00. The van der Waals surface area contributed by atoms with E-state index in [0.717, 1.165) is 10.2 Å². The second-order valence-electron chi connectivity index (χ2n) is 5.05. The predicted octanol–water partition coefficient (Wildman–Crippen LogP) is 3.00. The fourth-order valence-electron chi connectivity index (χ4n) is 1.21. The number of nitrogens with one attached hydrogen (secondary N) is 1. The van der Waals surface area contributed by atoms with E-state index in [9.17, 15) is 5.11 Å². The van der Waals surface area contributed by atoms with Gasteiger partial charge >= 0.3 is 0 Å². The first-order valence-corrected chi connectivity index (χ1v) is 6.47. The fourth-order valence-corrected chi connectivity index (χ4v) is 1.47. The third kappa shape index (κ3) is 7.93. The Hall–Kier alpha value is -0.290. The van der Waals surface area contributed by atoms with E-state index in [1.54, 1.807) is 0 Å². The second-order valence-corrected chi connectivity index (χ2v) is 5.97. The standard InChI is InChI=1S/C13H20BrNO2.ClH/c1-13(2,3)15-8-11(16)9-17-12-6-4-10(14)5-7-12;/h4-7,11,15-16H,8-9H2,1-3H3;1H. The monoisotopic (exact) mass is 337 g/mol. The topological polar surface area (TPSA) is 41.5 Å². The van der Waals surface area contributed by atoms with Crippen LogP contribution in [0.2, 0.25) is 0 Å². The summed E-state index contributed by atoms with van der Waals surface area (Å²) in [7, 11) is 0. The summed E-state index contributed by atoms with van der Waals surface area (Å²) < 4.78 is 6.49. The summed E-state index contributed by atoms with van der Waals surface area (Å²) in [5.74, 6) is 0.767. The van der Waals surface area contributed by atoms with Crippen molar-refractivity contribution in [3.05, 3.63) is 28.7 Å². The molecule has 0 saturated heterocycles. The molecule has 0 saturated carbocycles. The highest BCUT2D eigenvalue weighted by Crippen LogP contribution is 2.16. The molecular formula is C13H21BrClNO2. The molecule has 0 spiro atoms. The summed E-state index contributed by atoms with van der Waals surface area (Å²) in [6.07, 6.45) is -0.502. The molecule has 0 amide bonds. The quantitative estimate of drug-likeness (QED) is 0.867. The minimum absolute atomic E-state index is 0. The van der Waals surface area contributed by atoms with Crippen LogP contribution in [0, 0.1) is 0 Å². The van der Waals surface area contributed by atoms with E-state index in [1.807, 2.05) is 24.3 Å². The Morgan fingerprint density at radius 2 is 1.83 bits per heavy atom. The van der Waals surface area contributed by atoms with Gasteiger partial charge < -0.3 is 15.2 Å². The molecule has 18 heavy (non-hydrogen) atoms. The molecule has 1 rings (SSSR count). The molecule has 0 aliphatic carbocycles. The molecule has 2 N–H and O–H groups in total. The Labute approximate surface area is 123 Å². The Morgan fingerprint density at radius 1 is 1.28 bits per heavy atom. The van der Waals surface area contributed by atoms with Crippen LogP contribution in [-0.2, 0) is 0 Å². The first kappa shape index (κ1) is 17.7. The maximum atomic E-state index is 9.73. The van der Waals surface area contributed by atoms with Crippen LogP contribution in [0.25, 0.3) is 0 Å². The van der Waals surface area contributed by atoms with Crippen LogP contribution in [0.4, 0.5) is 0 Å². The number of β-amino-alcohol motifs (C(OH)–C–C–N with tert-alkyl or cyclic N) is 1. The predicted molar refractivity (Wildman–Crippen MR) is 80.6 cm³/mol. The van der Waals surface area contributed by atoms with Gasteiger partial charge in [0.1, 0.15) is 18.5 Å². The van der Waals surface area contributed by atoms with E-state index in [1.165, 1.54) is 0 Å². The molecule has 0 fully saturated rings. The summed E-state index contributed by atoms with van der Waals surface area (Å²) in [5, 5.41) is 13.0. The minimum atomic E-state index is -0.502. The Morgan fingerprint density at radius 3 is 2.33 bits per heavy atom. The average Bonchev–Trinajstić information content (AvgIpc) is 2.25. The molecule has 0 aliphatic heterocycles. The van der Waals surface area contributed by atoms with E-state index < -0.39 is 6.10 Å². The maximum Gasteiger partial charge on any atom is 0.119 e. The number of benzene rings is 1. The van der Waals surface area contributed by atoms with E-state index in [-0.39, 0.29) is 17.9 Å². The molecule has 0 aromatic heterocycles. The molecular weight excluding hydrogens is 318 g/mol. The average molecular weight is 339 g/mol. The molecule has 1 aromatic rings. The lowest BCUT2D eigenvalue weighted by molar-refractivity contribution is 0.100. The van der Waals surface area contributed by atoms with Crippen LogP contribution < -0.4 is 10.1 Å². The zero-order valence-corrected chi connectivity index (χ0v) is 13.3. The zero-order chi connectivity index (χ0) is 12.9. The van der Waals surface area contributed by atoms with Crippen molar-refractivity contribution in [3.8, 4) is 5.75 Å². The van der Waals surface area contributed by atoms with Gasteiger partial charge in [-0.25, -0.2) is 0 Å².